The summed E-state index contributed by atoms with van der Waals surface area (Å²) in [5.74, 6) is 0.820. The van der Waals surface area contributed by atoms with Gasteiger partial charge in [0.05, 0.1) is 18.8 Å². The highest BCUT2D eigenvalue weighted by molar-refractivity contribution is 6.03. The van der Waals surface area contributed by atoms with Gasteiger partial charge < -0.3 is 14.1 Å². The zero-order valence-corrected chi connectivity index (χ0v) is 13.5. The van der Waals surface area contributed by atoms with E-state index in [2.05, 4.69) is 17.1 Å². The number of carbonyl (C=O) groups excluding carboxylic acids is 1. The number of pyridine rings is 1. The van der Waals surface area contributed by atoms with Crippen molar-refractivity contribution in [3.63, 3.8) is 0 Å². The van der Waals surface area contributed by atoms with E-state index in [4.69, 9.17) is 9.15 Å². The molecule has 0 saturated heterocycles. The van der Waals surface area contributed by atoms with Crippen LogP contribution in [0.15, 0.2) is 47.2 Å². The summed E-state index contributed by atoms with van der Waals surface area (Å²) in [6.45, 7) is 1.36. The van der Waals surface area contributed by atoms with Crippen LogP contribution < -0.4 is 4.74 Å². The van der Waals surface area contributed by atoms with E-state index < -0.39 is 0 Å². The third-order valence-corrected chi connectivity index (χ3v) is 4.59. The van der Waals surface area contributed by atoms with Crippen molar-refractivity contribution >= 4 is 16.9 Å². The number of fused-ring (bicyclic) bond motifs is 2. The van der Waals surface area contributed by atoms with Crippen molar-refractivity contribution in [1.29, 1.82) is 0 Å². The number of rotatable bonds is 2. The second-order valence-corrected chi connectivity index (χ2v) is 5.92. The lowest BCUT2D eigenvalue weighted by atomic mass is 10.0. The number of hydrogen-bond donors (Lipinski definition) is 0. The Bertz CT molecular complexity index is 901. The maximum absolute atomic E-state index is 12.9. The van der Waals surface area contributed by atoms with Crippen LogP contribution in [-0.2, 0) is 12.8 Å². The predicted molar refractivity (Wildman–Crippen MR) is 90.3 cm³/mol. The molecule has 2 aromatic heterocycles. The smallest absolute Gasteiger partial charge is 0.273 e. The molecule has 0 fully saturated rings. The van der Waals surface area contributed by atoms with E-state index in [0.717, 1.165) is 24.0 Å². The molecule has 1 aliphatic rings. The summed E-state index contributed by atoms with van der Waals surface area (Å²) in [6, 6.07) is 9.71. The number of nitrogens with zero attached hydrogens (tertiary/aromatic N) is 2. The van der Waals surface area contributed by atoms with E-state index in [-0.39, 0.29) is 5.91 Å². The largest absolute Gasteiger partial charge is 0.497 e. The molecule has 3 aromatic rings. The molecule has 0 radical (unpaired) electrons. The molecule has 1 aliphatic heterocycles. The Labute approximate surface area is 139 Å². The maximum atomic E-state index is 12.9. The molecule has 1 amide bonds. The van der Waals surface area contributed by atoms with Gasteiger partial charge in [0, 0.05) is 19.3 Å². The number of carbonyl (C=O) groups is 1. The molecule has 0 aliphatic carbocycles. The van der Waals surface area contributed by atoms with Gasteiger partial charge in [0.15, 0.2) is 0 Å². The first-order valence-corrected chi connectivity index (χ1v) is 8.03. The molecule has 0 spiro atoms. The molecular formula is C19H18N2O3. The molecule has 0 unspecified atom stereocenters. The first-order chi connectivity index (χ1) is 11.8. The lowest BCUT2D eigenvalue weighted by Gasteiger charge is -2.20. The third kappa shape index (κ3) is 2.52. The van der Waals surface area contributed by atoms with Gasteiger partial charge in [-0.15, -0.1) is 0 Å². The van der Waals surface area contributed by atoms with E-state index in [9.17, 15) is 4.79 Å². The highest BCUT2D eigenvalue weighted by Gasteiger charge is 2.23. The molecule has 5 nitrogen and oxygen atoms in total. The van der Waals surface area contributed by atoms with Gasteiger partial charge in [-0.05, 0) is 48.2 Å². The highest BCUT2D eigenvalue weighted by atomic mass is 16.5. The Kier molecular flexibility index (Phi) is 3.69. The minimum Gasteiger partial charge on any atom is -0.497 e. The second-order valence-electron chi connectivity index (χ2n) is 5.92. The minimum atomic E-state index is -0.0400. The summed E-state index contributed by atoms with van der Waals surface area (Å²) in [4.78, 5) is 19.1. The van der Waals surface area contributed by atoms with Crippen molar-refractivity contribution in [2.75, 3.05) is 20.2 Å². The fourth-order valence-electron chi connectivity index (χ4n) is 3.25. The predicted octanol–water partition coefficient (Wildman–Crippen LogP) is 3.08. The van der Waals surface area contributed by atoms with Gasteiger partial charge in [-0.3, -0.25) is 9.78 Å². The first-order valence-electron chi connectivity index (χ1n) is 8.03. The van der Waals surface area contributed by atoms with Gasteiger partial charge in [0.25, 0.3) is 5.91 Å². The number of benzene rings is 1. The van der Waals surface area contributed by atoms with Crippen LogP contribution in [0, 0.1) is 0 Å². The SMILES string of the molecule is COc1ccc2c(c1)CCN(C(=O)c1nccc3occc13)CC2. The fraction of sp³-hybridized carbons (Fsp3) is 0.263. The van der Waals surface area contributed by atoms with E-state index in [1.54, 1.807) is 31.7 Å². The summed E-state index contributed by atoms with van der Waals surface area (Å²) in [5, 5.41) is 0.769. The fourth-order valence-corrected chi connectivity index (χ4v) is 3.25. The lowest BCUT2D eigenvalue weighted by Crippen LogP contribution is -2.33. The third-order valence-electron chi connectivity index (χ3n) is 4.59. The van der Waals surface area contributed by atoms with E-state index in [1.807, 2.05) is 11.0 Å². The Morgan fingerprint density at radius 3 is 2.83 bits per heavy atom. The number of amides is 1. The van der Waals surface area contributed by atoms with Crippen molar-refractivity contribution in [1.82, 2.24) is 9.88 Å². The van der Waals surface area contributed by atoms with Crippen LogP contribution in [-0.4, -0.2) is 36.0 Å². The molecule has 1 aromatic carbocycles. The highest BCUT2D eigenvalue weighted by Crippen LogP contribution is 2.24. The van der Waals surface area contributed by atoms with Crippen molar-refractivity contribution in [3.05, 3.63) is 59.6 Å². The zero-order valence-electron chi connectivity index (χ0n) is 13.5. The van der Waals surface area contributed by atoms with E-state index >= 15 is 0 Å². The topological polar surface area (TPSA) is 55.6 Å². The van der Waals surface area contributed by atoms with Crippen LogP contribution in [0.1, 0.15) is 21.6 Å². The average molecular weight is 322 g/mol. The number of aromatic nitrogens is 1. The normalized spacial score (nSPS) is 14.3. The van der Waals surface area contributed by atoms with Gasteiger partial charge in [-0.1, -0.05) is 6.07 Å². The van der Waals surface area contributed by atoms with E-state index in [1.165, 1.54) is 11.1 Å². The average Bonchev–Trinajstić information content (AvgIpc) is 3.00. The molecule has 0 atom stereocenters. The van der Waals surface area contributed by atoms with Gasteiger partial charge >= 0.3 is 0 Å². The Hall–Kier alpha value is -2.82. The molecule has 0 bridgehead atoms. The number of methoxy groups -OCH3 is 1. The Morgan fingerprint density at radius 1 is 1.17 bits per heavy atom. The van der Waals surface area contributed by atoms with Gasteiger partial charge in [0.2, 0.25) is 0 Å². The van der Waals surface area contributed by atoms with Crippen LogP contribution in [0.4, 0.5) is 0 Å². The van der Waals surface area contributed by atoms with Gasteiger partial charge in [0.1, 0.15) is 17.0 Å². The van der Waals surface area contributed by atoms with Crippen LogP contribution in [0.25, 0.3) is 11.0 Å². The van der Waals surface area contributed by atoms with E-state index in [0.29, 0.717) is 24.4 Å². The first kappa shape index (κ1) is 14.8. The molecule has 5 heteroatoms. The van der Waals surface area contributed by atoms with Gasteiger partial charge in [-0.25, -0.2) is 0 Å². The van der Waals surface area contributed by atoms with Crippen LogP contribution >= 0.6 is 0 Å². The molecule has 0 saturated carbocycles. The zero-order chi connectivity index (χ0) is 16.5. The minimum absolute atomic E-state index is 0.0400. The van der Waals surface area contributed by atoms with Crippen molar-refractivity contribution in [3.8, 4) is 5.75 Å². The van der Waals surface area contributed by atoms with Crippen LogP contribution in [0.5, 0.6) is 5.75 Å². The van der Waals surface area contributed by atoms with Crippen LogP contribution in [0.3, 0.4) is 0 Å². The van der Waals surface area contributed by atoms with Crippen molar-refractivity contribution < 1.29 is 13.9 Å². The standard InChI is InChI=1S/C19H18N2O3/c1-23-15-3-2-13-5-9-21(10-6-14(13)12-15)19(22)18-16-7-11-24-17(16)4-8-20-18/h2-4,7-8,11-12H,5-6,9-10H2,1H3. The second kappa shape index (κ2) is 6.00. The quantitative estimate of drug-likeness (QED) is 0.727. The molecular weight excluding hydrogens is 304 g/mol. The van der Waals surface area contributed by atoms with Gasteiger partial charge in [-0.2, -0.15) is 0 Å². The number of hydrogen-bond acceptors (Lipinski definition) is 4. The molecule has 4 rings (SSSR count). The summed E-state index contributed by atoms with van der Waals surface area (Å²) in [5.41, 5.74) is 3.68. The molecule has 0 N–H and O–H groups in total. The Balaban J connectivity index is 1.60. The molecule has 24 heavy (non-hydrogen) atoms. The summed E-state index contributed by atoms with van der Waals surface area (Å²) >= 11 is 0. The summed E-state index contributed by atoms with van der Waals surface area (Å²) in [7, 11) is 1.67. The Morgan fingerprint density at radius 2 is 2.00 bits per heavy atom. The van der Waals surface area contributed by atoms with Crippen molar-refractivity contribution in [2.45, 2.75) is 12.8 Å². The lowest BCUT2D eigenvalue weighted by molar-refractivity contribution is 0.0759. The monoisotopic (exact) mass is 322 g/mol. The molecule has 122 valence electrons. The number of furan rings is 1. The molecule has 3 heterocycles. The van der Waals surface area contributed by atoms with Crippen molar-refractivity contribution in [2.24, 2.45) is 0 Å². The summed E-state index contributed by atoms with van der Waals surface area (Å²) < 4.78 is 10.7. The summed E-state index contributed by atoms with van der Waals surface area (Å²) in [6.07, 6.45) is 4.87. The number of ether oxygens (including phenoxy) is 1. The van der Waals surface area contributed by atoms with Crippen LogP contribution in [0.2, 0.25) is 0 Å². The maximum Gasteiger partial charge on any atom is 0.273 e.